The molecule has 3 heterocycles. The van der Waals surface area contributed by atoms with Gasteiger partial charge in [-0.2, -0.15) is 0 Å². The number of thiazole rings is 2. The second-order valence-corrected chi connectivity index (χ2v) is 10.5. The highest BCUT2D eigenvalue weighted by Crippen LogP contribution is 2.45. The van der Waals surface area contributed by atoms with Crippen molar-refractivity contribution in [1.29, 1.82) is 0 Å². The molecule has 0 saturated heterocycles. The second kappa shape index (κ2) is 8.06. The van der Waals surface area contributed by atoms with Gasteiger partial charge < -0.3 is 5.11 Å². The van der Waals surface area contributed by atoms with Gasteiger partial charge in [0.15, 0.2) is 10.9 Å². The monoisotopic (exact) mass is 495 g/mol. The normalized spacial score (nSPS) is 16.3. The van der Waals surface area contributed by atoms with Gasteiger partial charge in [-0.05, 0) is 56.2 Å². The number of ketones is 1. The molecule has 2 aromatic carbocycles. The molecular formula is C24H18ClN3O3S2. The number of halogens is 1. The zero-order valence-electron chi connectivity index (χ0n) is 17.9. The fourth-order valence-electron chi connectivity index (χ4n) is 4.01. The quantitative estimate of drug-likeness (QED) is 0.345. The molecule has 0 fully saturated rings. The molecule has 0 bridgehead atoms. The summed E-state index contributed by atoms with van der Waals surface area (Å²) in [4.78, 5) is 37.7. The number of aliphatic hydroxyl groups excluding tert-OH is 1. The molecule has 1 atom stereocenters. The molecule has 166 valence electrons. The Morgan fingerprint density at radius 3 is 2.58 bits per heavy atom. The molecule has 1 amide bonds. The number of carbonyl (C=O) groups excluding carboxylic acids is 2. The first kappa shape index (κ1) is 21.8. The number of rotatable bonds is 4. The Labute approximate surface area is 202 Å². The second-order valence-electron chi connectivity index (χ2n) is 7.84. The van der Waals surface area contributed by atoms with Crippen molar-refractivity contribution in [2.24, 2.45) is 0 Å². The van der Waals surface area contributed by atoms with E-state index >= 15 is 0 Å². The van der Waals surface area contributed by atoms with Crippen LogP contribution in [0.3, 0.4) is 0 Å². The van der Waals surface area contributed by atoms with Crippen molar-refractivity contribution in [3.63, 3.8) is 0 Å². The van der Waals surface area contributed by atoms with E-state index in [1.807, 2.05) is 32.0 Å². The van der Waals surface area contributed by atoms with Gasteiger partial charge >= 0.3 is 0 Å². The minimum atomic E-state index is -0.868. The molecular weight excluding hydrogens is 478 g/mol. The number of benzene rings is 2. The van der Waals surface area contributed by atoms with E-state index in [0.717, 1.165) is 20.8 Å². The zero-order valence-corrected chi connectivity index (χ0v) is 20.3. The number of fused-ring (bicyclic) bond motifs is 1. The van der Waals surface area contributed by atoms with Gasteiger partial charge in [-0.25, -0.2) is 9.97 Å². The number of aliphatic hydroxyl groups is 1. The summed E-state index contributed by atoms with van der Waals surface area (Å²) >= 11 is 8.83. The van der Waals surface area contributed by atoms with Crippen LogP contribution in [-0.2, 0) is 4.79 Å². The average molecular weight is 496 g/mol. The summed E-state index contributed by atoms with van der Waals surface area (Å²) in [5, 5.41) is 12.5. The van der Waals surface area contributed by atoms with Gasteiger partial charge in [0.05, 0.1) is 37.4 Å². The first-order valence-corrected chi connectivity index (χ1v) is 12.1. The van der Waals surface area contributed by atoms with Crippen LogP contribution in [0.15, 0.2) is 53.8 Å². The molecule has 1 unspecified atom stereocenters. The third kappa shape index (κ3) is 3.64. The summed E-state index contributed by atoms with van der Waals surface area (Å²) in [6.45, 7) is 5.54. The van der Waals surface area contributed by atoms with E-state index in [0.29, 0.717) is 26.3 Å². The Morgan fingerprint density at radius 2 is 1.88 bits per heavy atom. The van der Waals surface area contributed by atoms with Gasteiger partial charge in [-0.3, -0.25) is 14.5 Å². The topological polar surface area (TPSA) is 83.4 Å². The van der Waals surface area contributed by atoms with E-state index in [1.54, 1.807) is 31.2 Å². The average Bonchev–Trinajstić information content (AvgIpc) is 3.41. The standard InChI is InChI=1S/C24H18ClN3O3S2/c1-11-7-8-16-17(9-11)33-24(27-16)28-19(14-5-4-6-15(25)10-14)18(21(30)23(28)31)20(29)22-12(2)26-13(3)32-22/h4-10,19,30H,1-3H3. The van der Waals surface area contributed by atoms with E-state index in [-0.39, 0.29) is 5.57 Å². The van der Waals surface area contributed by atoms with E-state index in [4.69, 9.17) is 11.6 Å². The Kier molecular flexibility index (Phi) is 5.31. The van der Waals surface area contributed by atoms with Gasteiger partial charge in [-0.15, -0.1) is 11.3 Å². The SMILES string of the molecule is Cc1ccc2nc(N3C(=O)C(O)=C(C(=O)c4sc(C)nc4C)C3c3cccc(Cl)c3)sc2c1. The molecule has 4 aromatic rings. The maximum Gasteiger partial charge on any atom is 0.296 e. The predicted molar refractivity (Wildman–Crippen MR) is 132 cm³/mol. The molecule has 2 aromatic heterocycles. The van der Waals surface area contributed by atoms with Crippen LogP contribution in [0, 0.1) is 20.8 Å². The zero-order chi connectivity index (χ0) is 23.4. The molecule has 9 heteroatoms. The van der Waals surface area contributed by atoms with Crippen molar-refractivity contribution in [1.82, 2.24) is 9.97 Å². The van der Waals surface area contributed by atoms with Crippen molar-refractivity contribution < 1.29 is 14.7 Å². The number of carbonyl (C=O) groups is 2. The molecule has 0 saturated carbocycles. The lowest BCUT2D eigenvalue weighted by Crippen LogP contribution is -2.31. The summed E-state index contributed by atoms with van der Waals surface area (Å²) < 4.78 is 0.913. The largest absolute Gasteiger partial charge is 0.503 e. The van der Waals surface area contributed by atoms with Crippen molar-refractivity contribution in [3.8, 4) is 0 Å². The lowest BCUT2D eigenvalue weighted by atomic mass is 9.95. The molecule has 1 aliphatic rings. The molecule has 0 aliphatic carbocycles. The van der Waals surface area contributed by atoms with Gasteiger partial charge in [0, 0.05) is 5.02 Å². The highest BCUT2D eigenvalue weighted by molar-refractivity contribution is 7.22. The van der Waals surface area contributed by atoms with Crippen LogP contribution in [-0.4, -0.2) is 26.8 Å². The third-order valence-corrected chi connectivity index (χ3v) is 7.79. The minimum Gasteiger partial charge on any atom is -0.503 e. The van der Waals surface area contributed by atoms with Crippen molar-refractivity contribution >= 4 is 61.3 Å². The first-order valence-electron chi connectivity index (χ1n) is 10.1. The number of aromatic nitrogens is 2. The lowest BCUT2D eigenvalue weighted by Gasteiger charge is -2.24. The van der Waals surface area contributed by atoms with Gasteiger partial charge in [-0.1, -0.05) is 41.1 Å². The highest BCUT2D eigenvalue weighted by atomic mass is 35.5. The number of nitrogens with zero attached hydrogens (tertiary/aromatic N) is 3. The van der Waals surface area contributed by atoms with E-state index in [1.165, 1.54) is 27.6 Å². The number of aryl methyl sites for hydroxylation is 3. The van der Waals surface area contributed by atoms with Crippen molar-refractivity contribution in [2.45, 2.75) is 26.8 Å². The minimum absolute atomic E-state index is 0.00412. The van der Waals surface area contributed by atoms with Gasteiger partial charge in [0.25, 0.3) is 5.91 Å². The first-order chi connectivity index (χ1) is 15.7. The molecule has 1 N–H and O–H groups in total. The molecule has 0 spiro atoms. The summed E-state index contributed by atoms with van der Waals surface area (Å²) in [6.07, 6.45) is 0. The smallest absolute Gasteiger partial charge is 0.296 e. The fourth-order valence-corrected chi connectivity index (χ4v) is 6.18. The number of hydrogen-bond donors (Lipinski definition) is 1. The number of hydrogen-bond acceptors (Lipinski definition) is 7. The van der Waals surface area contributed by atoms with Crippen LogP contribution in [0.25, 0.3) is 10.2 Å². The number of anilines is 1. The highest BCUT2D eigenvalue weighted by Gasteiger charge is 2.46. The van der Waals surface area contributed by atoms with Crippen LogP contribution in [0.2, 0.25) is 5.02 Å². The molecule has 33 heavy (non-hydrogen) atoms. The summed E-state index contributed by atoms with van der Waals surface area (Å²) in [6, 6.07) is 11.9. The van der Waals surface area contributed by atoms with Crippen LogP contribution < -0.4 is 4.90 Å². The van der Waals surface area contributed by atoms with E-state index in [9.17, 15) is 14.7 Å². The Balaban J connectivity index is 1.70. The Hall–Kier alpha value is -3.07. The van der Waals surface area contributed by atoms with Crippen LogP contribution in [0.1, 0.15) is 37.5 Å². The molecule has 5 rings (SSSR count). The maximum absolute atomic E-state index is 13.6. The van der Waals surface area contributed by atoms with Crippen LogP contribution in [0.5, 0.6) is 0 Å². The van der Waals surface area contributed by atoms with E-state index in [2.05, 4.69) is 9.97 Å². The van der Waals surface area contributed by atoms with Crippen LogP contribution >= 0.6 is 34.3 Å². The van der Waals surface area contributed by atoms with Crippen molar-refractivity contribution in [3.05, 3.63) is 85.5 Å². The fraction of sp³-hybridized carbons (Fsp3) is 0.167. The number of Topliss-reactive ketones (excluding diaryl/α,β-unsaturated/α-hetero) is 1. The van der Waals surface area contributed by atoms with Gasteiger partial charge in [0.2, 0.25) is 5.78 Å². The molecule has 1 aliphatic heterocycles. The summed E-state index contributed by atoms with van der Waals surface area (Å²) in [5.41, 5.74) is 2.99. The Bertz CT molecular complexity index is 1490. The number of amides is 1. The lowest BCUT2D eigenvalue weighted by molar-refractivity contribution is -0.117. The summed E-state index contributed by atoms with van der Waals surface area (Å²) in [7, 11) is 0. The van der Waals surface area contributed by atoms with E-state index < -0.39 is 23.5 Å². The maximum atomic E-state index is 13.6. The predicted octanol–water partition coefficient (Wildman–Crippen LogP) is 6.11. The van der Waals surface area contributed by atoms with Gasteiger partial charge in [0.1, 0.15) is 0 Å². The van der Waals surface area contributed by atoms with Crippen LogP contribution in [0.4, 0.5) is 5.13 Å². The third-order valence-electron chi connectivity index (χ3n) is 5.47. The summed E-state index contributed by atoms with van der Waals surface area (Å²) in [5.74, 6) is -1.67. The Morgan fingerprint density at radius 1 is 1.09 bits per heavy atom. The van der Waals surface area contributed by atoms with Crippen molar-refractivity contribution in [2.75, 3.05) is 4.90 Å². The molecule has 6 nitrogen and oxygen atoms in total. The molecule has 0 radical (unpaired) electrons.